The Morgan fingerprint density at radius 3 is 2.63 bits per heavy atom. The van der Waals surface area contributed by atoms with Crippen molar-refractivity contribution in [2.75, 3.05) is 20.1 Å². The monoisotopic (exact) mass is 267 g/mol. The van der Waals surface area contributed by atoms with Crippen LogP contribution in [0, 0.1) is 0 Å². The second-order valence-corrected chi connectivity index (χ2v) is 6.43. The zero-order valence-corrected chi connectivity index (χ0v) is 12.9. The van der Waals surface area contributed by atoms with E-state index >= 15 is 0 Å². The lowest BCUT2D eigenvalue weighted by Gasteiger charge is -2.24. The fourth-order valence-corrected chi connectivity index (χ4v) is 2.84. The van der Waals surface area contributed by atoms with Gasteiger partial charge in [0.05, 0.1) is 11.7 Å². The molecule has 4 heteroatoms. The van der Waals surface area contributed by atoms with E-state index in [-0.39, 0.29) is 11.7 Å². The Labute approximate surface area is 117 Å². The minimum atomic E-state index is -0.143. The predicted molar refractivity (Wildman–Crippen MR) is 77.9 cm³/mol. The van der Waals surface area contributed by atoms with Gasteiger partial charge in [0, 0.05) is 12.6 Å². The average molecular weight is 267 g/mol. The number of unbranched alkanes of at least 4 members (excludes halogenated alkanes) is 1. The highest BCUT2D eigenvalue weighted by Crippen LogP contribution is 2.42. The van der Waals surface area contributed by atoms with Gasteiger partial charge in [0.25, 0.3) is 0 Å². The Kier molecular flexibility index (Phi) is 4.51. The van der Waals surface area contributed by atoms with Crippen LogP contribution < -0.4 is 5.32 Å². The zero-order valence-electron chi connectivity index (χ0n) is 12.9. The lowest BCUT2D eigenvalue weighted by atomic mass is 10.2. The highest BCUT2D eigenvalue weighted by molar-refractivity contribution is 5.91. The molecule has 2 aliphatic rings. The van der Waals surface area contributed by atoms with E-state index < -0.39 is 0 Å². The molecular weight excluding hydrogens is 238 g/mol. The first kappa shape index (κ1) is 14.8. The minimum absolute atomic E-state index is 0.143. The molecule has 0 radical (unpaired) electrons. The maximum atomic E-state index is 12.3. The first-order valence-electron chi connectivity index (χ1n) is 7.79. The van der Waals surface area contributed by atoms with E-state index in [0.717, 1.165) is 38.8 Å². The molecule has 1 N–H and O–H groups in total. The first-order chi connectivity index (χ1) is 9.00. The van der Waals surface area contributed by atoms with Gasteiger partial charge in [0.15, 0.2) is 0 Å². The number of hydrogen-bond acceptors (Lipinski definition) is 3. The van der Waals surface area contributed by atoms with Crippen molar-refractivity contribution in [3.8, 4) is 0 Å². The molecule has 1 saturated carbocycles. The van der Waals surface area contributed by atoms with Gasteiger partial charge >= 0.3 is 0 Å². The molecule has 1 saturated heterocycles. The fourth-order valence-electron chi connectivity index (χ4n) is 2.84. The average Bonchev–Trinajstić information content (AvgIpc) is 3.11. The lowest BCUT2D eigenvalue weighted by molar-refractivity contribution is -0.130. The van der Waals surface area contributed by atoms with Crippen molar-refractivity contribution in [1.29, 1.82) is 0 Å². The summed E-state index contributed by atoms with van der Waals surface area (Å²) in [7, 11) is 2.17. The van der Waals surface area contributed by atoms with Gasteiger partial charge in [-0.1, -0.05) is 6.92 Å². The van der Waals surface area contributed by atoms with Crippen LogP contribution in [0.25, 0.3) is 0 Å². The summed E-state index contributed by atoms with van der Waals surface area (Å²) in [5.41, 5.74) is -0.143. The Morgan fingerprint density at radius 1 is 1.42 bits per heavy atom. The molecule has 1 aliphatic heterocycles. The van der Waals surface area contributed by atoms with Crippen LogP contribution in [0.3, 0.4) is 0 Å². The molecule has 2 fully saturated rings. The maximum absolute atomic E-state index is 12.3. The third kappa shape index (κ3) is 3.11. The van der Waals surface area contributed by atoms with E-state index in [1.807, 2.05) is 0 Å². The molecule has 1 spiro atoms. The Bertz CT molecular complexity index is 325. The molecule has 0 aromatic heterocycles. The summed E-state index contributed by atoms with van der Waals surface area (Å²) in [6, 6.07) is 0.605. The van der Waals surface area contributed by atoms with E-state index in [0.29, 0.717) is 11.9 Å². The number of nitrogens with zero attached hydrogens (tertiary/aromatic N) is 2. The molecule has 19 heavy (non-hydrogen) atoms. The summed E-state index contributed by atoms with van der Waals surface area (Å²) >= 11 is 0. The van der Waals surface area contributed by atoms with Gasteiger partial charge in [-0.15, -0.1) is 0 Å². The van der Waals surface area contributed by atoms with Crippen LogP contribution in [-0.4, -0.2) is 53.6 Å². The Balaban J connectivity index is 1.74. The summed E-state index contributed by atoms with van der Waals surface area (Å²) < 4.78 is 0. The first-order valence-corrected chi connectivity index (χ1v) is 7.79. The normalized spacial score (nSPS) is 25.1. The molecule has 0 bridgehead atoms. The Hall–Kier alpha value is -0.610. The van der Waals surface area contributed by atoms with Crippen LogP contribution in [0.2, 0.25) is 0 Å². The number of rotatable bonds is 7. The fraction of sp³-hybridized carbons (Fsp3) is 0.933. The summed E-state index contributed by atoms with van der Waals surface area (Å²) in [4.78, 5) is 16.8. The molecule has 0 aromatic rings. The topological polar surface area (TPSA) is 35.6 Å². The van der Waals surface area contributed by atoms with Crippen molar-refractivity contribution < 1.29 is 4.79 Å². The number of amides is 1. The maximum Gasteiger partial charge on any atom is 0.244 e. The van der Waals surface area contributed by atoms with E-state index in [4.69, 9.17) is 0 Å². The molecule has 1 amide bonds. The Morgan fingerprint density at radius 2 is 2.11 bits per heavy atom. The van der Waals surface area contributed by atoms with Gasteiger partial charge in [0.2, 0.25) is 5.91 Å². The van der Waals surface area contributed by atoms with Crippen molar-refractivity contribution in [3.63, 3.8) is 0 Å². The second-order valence-electron chi connectivity index (χ2n) is 6.43. The van der Waals surface area contributed by atoms with Gasteiger partial charge in [-0.25, -0.2) is 0 Å². The van der Waals surface area contributed by atoms with Crippen LogP contribution in [0.4, 0.5) is 0 Å². The van der Waals surface area contributed by atoms with Gasteiger partial charge in [0.1, 0.15) is 0 Å². The molecule has 1 heterocycles. The molecule has 0 aromatic carbocycles. The van der Waals surface area contributed by atoms with E-state index in [9.17, 15) is 4.79 Å². The second kappa shape index (κ2) is 5.80. The summed E-state index contributed by atoms with van der Waals surface area (Å²) in [5.74, 6) is 0.358. The van der Waals surface area contributed by atoms with Crippen molar-refractivity contribution >= 4 is 5.91 Å². The summed E-state index contributed by atoms with van der Waals surface area (Å²) in [6.07, 6.45) is 5.64. The van der Waals surface area contributed by atoms with Crippen molar-refractivity contribution in [2.45, 2.75) is 70.6 Å². The third-order valence-corrected chi connectivity index (χ3v) is 4.67. The number of nitrogens with one attached hydrogen (secondary N) is 1. The van der Waals surface area contributed by atoms with Crippen molar-refractivity contribution in [1.82, 2.24) is 15.1 Å². The van der Waals surface area contributed by atoms with Gasteiger partial charge < -0.3 is 9.80 Å². The molecule has 1 atom stereocenters. The highest BCUT2D eigenvalue weighted by Gasteiger charge is 2.58. The lowest BCUT2D eigenvalue weighted by Crippen LogP contribution is -2.37. The van der Waals surface area contributed by atoms with Gasteiger partial charge in [-0.05, 0) is 59.5 Å². The molecule has 1 unspecified atom stereocenters. The van der Waals surface area contributed by atoms with Gasteiger partial charge in [-0.3, -0.25) is 10.1 Å². The molecule has 110 valence electrons. The number of carbonyl (C=O) groups excluding carboxylic acids is 1. The van der Waals surface area contributed by atoms with Crippen LogP contribution >= 0.6 is 0 Å². The largest absolute Gasteiger partial charge is 0.326 e. The smallest absolute Gasteiger partial charge is 0.244 e. The van der Waals surface area contributed by atoms with E-state index in [1.165, 1.54) is 6.42 Å². The summed E-state index contributed by atoms with van der Waals surface area (Å²) in [6.45, 7) is 8.63. The van der Waals surface area contributed by atoms with Crippen molar-refractivity contribution in [2.24, 2.45) is 0 Å². The standard InChI is InChI=1S/C15H29N3O/c1-5-13-16-15(8-9-15)14(19)18(13)11-7-6-10-17(4)12(2)3/h12-13,16H,5-11H2,1-4H3. The van der Waals surface area contributed by atoms with Crippen LogP contribution in [0.15, 0.2) is 0 Å². The van der Waals surface area contributed by atoms with E-state index in [1.54, 1.807) is 0 Å². The van der Waals surface area contributed by atoms with Crippen LogP contribution in [0.5, 0.6) is 0 Å². The quantitative estimate of drug-likeness (QED) is 0.715. The zero-order chi connectivity index (χ0) is 14.0. The minimum Gasteiger partial charge on any atom is -0.326 e. The van der Waals surface area contributed by atoms with E-state index in [2.05, 4.69) is 42.9 Å². The third-order valence-electron chi connectivity index (χ3n) is 4.67. The number of hydrogen-bond donors (Lipinski definition) is 1. The summed E-state index contributed by atoms with van der Waals surface area (Å²) in [5, 5.41) is 3.52. The van der Waals surface area contributed by atoms with Crippen molar-refractivity contribution in [3.05, 3.63) is 0 Å². The van der Waals surface area contributed by atoms with Crippen LogP contribution in [-0.2, 0) is 4.79 Å². The van der Waals surface area contributed by atoms with Gasteiger partial charge in [-0.2, -0.15) is 0 Å². The predicted octanol–water partition coefficient (Wildman–Crippen LogP) is 1.81. The van der Waals surface area contributed by atoms with Crippen LogP contribution in [0.1, 0.15) is 52.9 Å². The molecule has 2 rings (SSSR count). The SMILES string of the molecule is CCC1NC2(CC2)C(=O)N1CCCCN(C)C(C)C. The number of carbonyl (C=O) groups is 1. The molecule has 4 nitrogen and oxygen atoms in total. The molecular formula is C15H29N3O. The highest BCUT2D eigenvalue weighted by atomic mass is 16.2. The molecule has 1 aliphatic carbocycles.